The third kappa shape index (κ3) is 2.33. The van der Waals surface area contributed by atoms with Gasteiger partial charge in [0.15, 0.2) is 0 Å². The van der Waals surface area contributed by atoms with E-state index in [0.29, 0.717) is 16.5 Å². The largest absolute Gasteiger partial charge is 0.497 e. The van der Waals surface area contributed by atoms with E-state index < -0.39 is 5.56 Å². The molecular weight excluding hydrogens is 276 g/mol. The SMILES string of the molecule is COc1ccc(-n2c(N)nc(SC)c(C#N)c2=O)cc1. The Labute approximate surface area is 119 Å². The average molecular weight is 288 g/mol. The highest BCUT2D eigenvalue weighted by atomic mass is 32.2. The third-order valence-corrected chi connectivity index (χ3v) is 3.39. The van der Waals surface area contributed by atoms with E-state index >= 15 is 0 Å². The first-order valence-electron chi connectivity index (χ1n) is 5.63. The minimum atomic E-state index is -0.477. The molecule has 0 bridgehead atoms. The van der Waals surface area contributed by atoms with Crippen LogP contribution in [0.5, 0.6) is 5.75 Å². The van der Waals surface area contributed by atoms with Crippen LogP contribution in [0, 0.1) is 11.3 Å². The molecule has 20 heavy (non-hydrogen) atoms. The summed E-state index contributed by atoms with van der Waals surface area (Å²) in [4.78, 5) is 16.4. The van der Waals surface area contributed by atoms with Gasteiger partial charge in [-0.1, -0.05) is 0 Å². The number of anilines is 1. The van der Waals surface area contributed by atoms with E-state index in [9.17, 15) is 4.79 Å². The number of nitriles is 1. The van der Waals surface area contributed by atoms with Gasteiger partial charge in [-0.05, 0) is 30.5 Å². The number of ether oxygens (including phenoxy) is 1. The summed E-state index contributed by atoms with van der Waals surface area (Å²) in [6, 6.07) is 8.64. The molecule has 0 radical (unpaired) electrons. The molecule has 2 N–H and O–H groups in total. The van der Waals surface area contributed by atoms with E-state index in [1.165, 1.54) is 16.3 Å². The molecule has 0 aliphatic rings. The number of benzene rings is 1. The average Bonchev–Trinajstić information content (AvgIpc) is 2.47. The zero-order valence-electron chi connectivity index (χ0n) is 11.0. The van der Waals surface area contributed by atoms with Crippen molar-refractivity contribution >= 4 is 17.7 Å². The summed E-state index contributed by atoms with van der Waals surface area (Å²) in [5.41, 5.74) is 5.87. The molecule has 0 fully saturated rings. The van der Waals surface area contributed by atoms with E-state index in [0.717, 1.165) is 0 Å². The van der Waals surface area contributed by atoms with Crippen LogP contribution in [0.2, 0.25) is 0 Å². The first-order valence-corrected chi connectivity index (χ1v) is 6.86. The number of aromatic nitrogens is 2. The number of nitrogen functional groups attached to an aromatic ring is 1. The van der Waals surface area contributed by atoms with Gasteiger partial charge < -0.3 is 10.5 Å². The van der Waals surface area contributed by atoms with Crippen LogP contribution in [-0.4, -0.2) is 22.9 Å². The molecule has 7 heteroatoms. The Morgan fingerprint density at radius 2 is 2.05 bits per heavy atom. The van der Waals surface area contributed by atoms with Crippen molar-refractivity contribution in [2.24, 2.45) is 0 Å². The van der Waals surface area contributed by atoms with Crippen LogP contribution >= 0.6 is 11.8 Å². The smallest absolute Gasteiger partial charge is 0.278 e. The van der Waals surface area contributed by atoms with Gasteiger partial charge in [0, 0.05) is 0 Å². The van der Waals surface area contributed by atoms with Crippen molar-refractivity contribution < 1.29 is 4.74 Å². The minimum absolute atomic E-state index is 0.0116. The fourth-order valence-electron chi connectivity index (χ4n) is 1.74. The molecule has 0 aliphatic heterocycles. The van der Waals surface area contributed by atoms with Gasteiger partial charge in [-0.3, -0.25) is 4.79 Å². The van der Waals surface area contributed by atoms with Gasteiger partial charge in [0.05, 0.1) is 12.8 Å². The summed E-state index contributed by atoms with van der Waals surface area (Å²) in [6.07, 6.45) is 1.74. The first-order chi connectivity index (χ1) is 9.62. The molecule has 0 unspecified atom stereocenters. The second-order valence-corrected chi connectivity index (χ2v) is 4.60. The fourth-order valence-corrected chi connectivity index (χ4v) is 2.26. The minimum Gasteiger partial charge on any atom is -0.497 e. The molecule has 0 spiro atoms. The second kappa shape index (κ2) is 5.67. The zero-order chi connectivity index (χ0) is 14.7. The van der Waals surface area contributed by atoms with E-state index in [1.54, 1.807) is 37.6 Å². The lowest BCUT2D eigenvalue weighted by molar-refractivity contribution is 0.414. The van der Waals surface area contributed by atoms with Crippen molar-refractivity contribution in [2.45, 2.75) is 5.03 Å². The topological polar surface area (TPSA) is 93.9 Å². The molecule has 0 saturated carbocycles. The van der Waals surface area contributed by atoms with Crippen molar-refractivity contribution in [3.05, 3.63) is 40.2 Å². The predicted molar refractivity (Wildman–Crippen MR) is 77.3 cm³/mol. The number of hydrogen-bond donors (Lipinski definition) is 1. The molecule has 1 heterocycles. The number of nitrogens with two attached hydrogens (primary N) is 1. The lowest BCUT2D eigenvalue weighted by Crippen LogP contribution is -2.26. The van der Waals surface area contributed by atoms with Gasteiger partial charge in [0.1, 0.15) is 22.4 Å². The molecule has 0 saturated heterocycles. The molecule has 1 aromatic carbocycles. The Balaban J connectivity index is 2.68. The third-order valence-electron chi connectivity index (χ3n) is 2.71. The Hall–Kier alpha value is -2.46. The van der Waals surface area contributed by atoms with Gasteiger partial charge >= 0.3 is 0 Å². The van der Waals surface area contributed by atoms with Crippen molar-refractivity contribution in [3.63, 3.8) is 0 Å². The number of hydrogen-bond acceptors (Lipinski definition) is 6. The summed E-state index contributed by atoms with van der Waals surface area (Å²) in [5.74, 6) is 0.707. The predicted octanol–water partition coefficient (Wildman–Crippen LogP) is 1.42. The van der Waals surface area contributed by atoms with Crippen molar-refractivity contribution in [1.82, 2.24) is 9.55 Å². The quantitative estimate of drug-likeness (QED) is 0.678. The van der Waals surface area contributed by atoms with Crippen LogP contribution < -0.4 is 16.0 Å². The summed E-state index contributed by atoms with van der Waals surface area (Å²) in [6.45, 7) is 0. The Morgan fingerprint density at radius 1 is 1.40 bits per heavy atom. The van der Waals surface area contributed by atoms with Gasteiger partial charge in [-0.25, -0.2) is 9.55 Å². The van der Waals surface area contributed by atoms with Crippen LogP contribution in [0.1, 0.15) is 5.56 Å². The highest BCUT2D eigenvalue weighted by Crippen LogP contribution is 2.19. The highest BCUT2D eigenvalue weighted by Gasteiger charge is 2.15. The van der Waals surface area contributed by atoms with Crippen LogP contribution in [0.4, 0.5) is 5.95 Å². The zero-order valence-corrected chi connectivity index (χ0v) is 11.8. The maximum absolute atomic E-state index is 12.3. The van der Waals surface area contributed by atoms with Crippen LogP contribution in [0.3, 0.4) is 0 Å². The summed E-state index contributed by atoms with van der Waals surface area (Å²) in [5, 5.41) is 9.43. The van der Waals surface area contributed by atoms with Crippen molar-refractivity contribution in [2.75, 3.05) is 19.1 Å². The molecule has 2 aromatic rings. The lowest BCUT2D eigenvalue weighted by atomic mass is 10.3. The van der Waals surface area contributed by atoms with E-state index in [-0.39, 0.29) is 11.5 Å². The van der Waals surface area contributed by atoms with Crippen molar-refractivity contribution in [1.29, 1.82) is 5.26 Å². The van der Waals surface area contributed by atoms with E-state index in [2.05, 4.69) is 4.98 Å². The summed E-state index contributed by atoms with van der Waals surface area (Å²) in [7, 11) is 1.55. The lowest BCUT2D eigenvalue weighted by Gasteiger charge is -2.11. The Bertz CT molecular complexity index is 732. The summed E-state index contributed by atoms with van der Waals surface area (Å²) >= 11 is 1.21. The molecule has 102 valence electrons. The molecule has 0 amide bonds. The molecular formula is C13H12N4O2S. The molecule has 6 nitrogen and oxygen atoms in total. The maximum Gasteiger partial charge on any atom is 0.278 e. The van der Waals surface area contributed by atoms with Crippen LogP contribution in [-0.2, 0) is 0 Å². The number of nitrogens with zero attached hydrogens (tertiary/aromatic N) is 3. The first kappa shape index (κ1) is 14.0. The standard InChI is InChI=1S/C13H12N4O2S/c1-19-9-5-3-8(4-6-9)17-12(18)10(7-14)11(20-2)16-13(17)15/h3-6H,1-2H3,(H2,15,16). The number of methoxy groups -OCH3 is 1. The Kier molecular flexibility index (Phi) is 3.96. The van der Waals surface area contributed by atoms with Gasteiger partial charge in [-0.2, -0.15) is 5.26 Å². The monoisotopic (exact) mass is 288 g/mol. The molecule has 1 aromatic heterocycles. The maximum atomic E-state index is 12.3. The van der Waals surface area contributed by atoms with Gasteiger partial charge in [-0.15, -0.1) is 11.8 Å². The summed E-state index contributed by atoms with van der Waals surface area (Å²) < 4.78 is 6.26. The number of rotatable bonds is 3. The normalized spacial score (nSPS) is 10.1. The number of thioether (sulfide) groups is 1. The molecule has 0 atom stereocenters. The van der Waals surface area contributed by atoms with Gasteiger partial charge in [0.25, 0.3) is 5.56 Å². The van der Waals surface area contributed by atoms with Crippen molar-refractivity contribution in [3.8, 4) is 17.5 Å². The Morgan fingerprint density at radius 3 is 2.55 bits per heavy atom. The molecule has 2 rings (SSSR count). The molecule has 0 aliphatic carbocycles. The van der Waals surface area contributed by atoms with E-state index in [4.69, 9.17) is 15.7 Å². The second-order valence-electron chi connectivity index (χ2n) is 3.80. The fraction of sp³-hybridized carbons (Fsp3) is 0.154. The van der Waals surface area contributed by atoms with Gasteiger partial charge in [0.2, 0.25) is 5.95 Å². The highest BCUT2D eigenvalue weighted by molar-refractivity contribution is 7.98. The van der Waals surface area contributed by atoms with E-state index in [1.807, 2.05) is 6.07 Å². The van der Waals surface area contributed by atoms with Crippen LogP contribution in [0.15, 0.2) is 34.1 Å². The van der Waals surface area contributed by atoms with Crippen LogP contribution in [0.25, 0.3) is 5.69 Å².